The molecule has 31 heavy (non-hydrogen) atoms. The van der Waals surface area contributed by atoms with Crippen molar-refractivity contribution in [1.29, 1.82) is 0 Å². The minimum Gasteiger partial charge on any atom is -0.463 e. The minimum atomic E-state index is -0.341. The van der Waals surface area contributed by atoms with Crippen molar-refractivity contribution >= 4 is 17.8 Å². The van der Waals surface area contributed by atoms with Crippen LogP contribution in [0.15, 0.2) is 42.5 Å². The van der Waals surface area contributed by atoms with Crippen LogP contribution in [-0.4, -0.2) is 18.4 Å². The molecule has 0 amide bonds. The molecule has 0 aliphatic heterocycles. The highest BCUT2D eigenvalue weighted by molar-refractivity contribution is 6.01. The fourth-order valence-electron chi connectivity index (χ4n) is 4.16. The van der Waals surface area contributed by atoms with Gasteiger partial charge in [-0.3, -0.25) is 4.79 Å². The van der Waals surface area contributed by atoms with Gasteiger partial charge in [-0.1, -0.05) is 37.8 Å². The number of carbonyl (C=O) groups is 2. The lowest BCUT2D eigenvalue weighted by Crippen LogP contribution is -2.28. The molecular weight excluding hydrogens is 384 g/mol. The van der Waals surface area contributed by atoms with Gasteiger partial charge in [0.05, 0.1) is 6.61 Å². The van der Waals surface area contributed by atoms with E-state index in [4.69, 9.17) is 4.74 Å². The third-order valence-corrected chi connectivity index (χ3v) is 6.13. The molecule has 1 fully saturated rings. The first-order valence-electron chi connectivity index (χ1n) is 11.1. The zero-order valence-electron chi connectivity index (χ0n) is 18.5. The Morgan fingerprint density at radius 3 is 2.52 bits per heavy atom. The van der Waals surface area contributed by atoms with E-state index in [1.54, 1.807) is 13.0 Å². The van der Waals surface area contributed by atoms with Crippen molar-refractivity contribution in [3.63, 3.8) is 0 Å². The molecule has 3 heteroatoms. The molecule has 0 radical (unpaired) electrons. The van der Waals surface area contributed by atoms with Crippen molar-refractivity contribution in [2.24, 2.45) is 0 Å². The highest BCUT2D eigenvalue weighted by Crippen LogP contribution is 2.47. The molecule has 0 atom stereocenters. The van der Waals surface area contributed by atoms with E-state index in [1.807, 2.05) is 24.3 Å². The number of fused-ring (bicyclic) bond motifs is 1. The van der Waals surface area contributed by atoms with Gasteiger partial charge in [-0.2, -0.15) is 0 Å². The molecule has 0 aromatic heterocycles. The summed E-state index contributed by atoms with van der Waals surface area (Å²) in [5.74, 6) is 7.04. The Kier molecular flexibility index (Phi) is 5.83. The molecule has 2 aliphatic carbocycles. The molecular formula is C28H28O3. The second kappa shape index (κ2) is 8.55. The van der Waals surface area contributed by atoms with Gasteiger partial charge in [0.2, 0.25) is 0 Å². The second-order valence-corrected chi connectivity index (χ2v) is 9.03. The van der Waals surface area contributed by atoms with Crippen molar-refractivity contribution in [1.82, 2.24) is 0 Å². The van der Waals surface area contributed by atoms with E-state index in [2.05, 4.69) is 37.8 Å². The van der Waals surface area contributed by atoms with E-state index in [1.165, 1.54) is 11.6 Å². The highest BCUT2D eigenvalue weighted by Gasteiger charge is 2.37. The Morgan fingerprint density at radius 1 is 1.13 bits per heavy atom. The summed E-state index contributed by atoms with van der Waals surface area (Å²) in [4.78, 5) is 24.1. The summed E-state index contributed by atoms with van der Waals surface area (Å²) in [7, 11) is 0. The maximum absolute atomic E-state index is 12.7. The van der Waals surface area contributed by atoms with Crippen LogP contribution in [0.3, 0.4) is 0 Å². The van der Waals surface area contributed by atoms with Crippen LogP contribution in [0, 0.1) is 11.8 Å². The Labute approximate surface area is 184 Å². The van der Waals surface area contributed by atoms with Gasteiger partial charge in [0.25, 0.3) is 0 Å². The van der Waals surface area contributed by atoms with Gasteiger partial charge in [-0.05, 0) is 84.6 Å². The molecule has 4 rings (SSSR count). The summed E-state index contributed by atoms with van der Waals surface area (Å²) in [6.45, 7) is 6.62. The first-order chi connectivity index (χ1) is 14.9. The van der Waals surface area contributed by atoms with Crippen LogP contribution in [0.1, 0.15) is 90.5 Å². The van der Waals surface area contributed by atoms with Crippen LogP contribution < -0.4 is 0 Å². The van der Waals surface area contributed by atoms with Crippen molar-refractivity contribution in [3.05, 3.63) is 75.9 Å². The average molecular weight is 413 g/mol. The number of Topliss-reactive ketones (excluding diaryl/α,β-unsaturated/α-hetero) is 1. The predicted octanol–water partition coefficient (Wildman–Crippen LogP) is 5.79. The van der Waals surface area contributed by atoms with E-state index in [-0.39, 0.29) is 11.4 Å². The van der Waals surface area contributed by atoms with E-state index in [0.29, 0.717) is 24.7 Å². The van der Waals surface area contributed by atoms with Crippen LogP contribution in [0.4, 0.5) is 0 Å². The third-order valence-electron chi connectivity index (χ3n) is 6.13. The molecule has 3 nitrogen and oxygen atoms in total. The van der Waals surface area contributed by atoms with E-state index in [0.717, 1.165) is 47.1 Å². The van der Waals surface area contributed by atoms with Crippen molar-refractivity contribution in [2.75, 3.05) is 6.61 Å². The molecule has 158 valence electrons. The van der Waals surface area contributed by atoms with Gasteiger partial charge < -0.3 is 4.74 Å². The van der Waals surface area contributed by atoms with Crippen LogP contribution >= 0.6 is 0 Å². The lowest BCUT2D eigenvalue weighted by Gasteiger charge is -2.33. The number of ether oxygens (including phenoxy) is 1. The summed E-state index contributed by atoms with van der Waals surface area (Å²) >= 11 is 0. The first-order valence-corrected chi connectivity index (χ1v) is 11.1. The Balaban J connectivity index is 1.60. The van der Waals surface area contributed by atoms with E-state index >= 15 is 0 Å². The van der Waals surface area contributed by atoms with Gasteiger partial charge >= 0.3 is 5.97 Å². The van der Waals surface area contributed by atoms with Crippen LogP contribution in [0.25, 0.3) is 6.08 Å². The molecule has 2 aromatic carbocycles. The minimum absolute atomic E-state index is 0.00250. The van der Waals surface area contributed by atoms with Crippen molar-refractivity contribution < 1.29 is 14.3 Å². The number of carbonyl (C=O) groups excluding carboxylic acids is 2. The molecule has 2 aromatic rings. The molecule has 2 aliphatic rings. The fraction of sp³-hybridized carbons (Fsp3) is 0.357. The standard InChI is InChI=1S/C28H28O3/c1-4-31-26(30)14-11-20-7-5-19(6-8-20)9-10-21-17-23(22-12-13-22)27-24(18-21)28(2,3)16-15-25(27)29/h5-8,11,14,17-18,22H,4,12-13,15-16H2,1-3H3. The quantitative estimate of drug-likeness (QED) is 0.362. The zero-order chi connectivity index (χ0) is 22.0. The number of ketones is 1. The summed E-state index contributed by atoms with van der Waals surface area (Å²) in [6, 6.07) is 12.0. The van der Waals surface area contributed by atoms with E-state index in [9.17, 15) is 9.59 Å². The lowest BCUT2D eigenvalue weighted by atomic mass is 9.70. The zero-order valence-corrected chi connectivity index (χ0v) is 18.5. The summed E-state index contributed by atoms with van der Waals surface area (Å²) in [5, 5.41) is 0. The van der Waals surface area contributed by atoms with Gasteiger partial charge in [0.1, 0.15) is 0 Å². The number of esters is 1. The summed E-state index contributed by atoms with van der Waals surface area (Å²) in [6.07, 6.45) is 7.03. The van der Waals surface area contributed by atoms with Gasteiger partial charge in [0, 0.05) is 29.2 Å². The number of hydrogen-bond donors (Lipinski definition) is 0. The monoisotopic (exact) mass is 412 g/mol. The molecule has 0 heterocycles. The maximum Gasteiger partial charge on any atom is 0.330 e. The molecule has 0 spiro atoms. The second-order valence-electron chi connectivity index (χ2n) is 9.03. The molecule has 0 unspecified atom stereocenters. The largest absolute Gasteiger partial charge is 0.463 e. The molecule has 1 saturated carbocycles. The van der Waals surface area contributed by atoms with Crippen LogP contribution in [0.5, 0.6) is 0 Å². The number of hydrogen-bond acceptors (Lipinski definition) is 3. The Bertz CT molecular complexity index is 1100. The summed E-state index contributed by atoms with van der Waals surface area (Å²) in [5.41, 5.74) is 6.16. The normalized spacial score (nSPS) is 17.1. The summed E-state index contributed by atoms with van der Waals surface area (Å²) < 4.78 is 4.90. The number of rotatable bonds is 4. The third kappa shape index (κ3) is 4.80. The maximum atomic E-state index is 12.7. The van der Waals surface area contributed by atoms with Crippen molar-refractivity contribution in [2.45, 2.75) is 57.8 Å². The Morgan fingerprint density at radius 2 is 1.84 bits per heavy atom. The predicted molar refractivity (Wildman–Crippen MR) is 123 cm³/mol. The fourth-order valence-corrected chi connectivity index (χ4v) is 4.16. The molecule has 0 saturated heterocycles. The van der Waals surface area contributed by atoms with Crippen molar-refractivity contribution in [3.8, 4) is 11.8 Å². The first kappa shape index (κ1) is 21.1. The van der Waals surface area contributed by atoms with Gasteiger partial charge in [-0.25, -0.2) is 4.79 Å². The molecule has 0 N–H and O–H groups in total. The highest BCUT2D eigenvalue weighted by atomic mass is 16.5. The average Bonchev–Trinajstić information content (AvgIpc) is 3.59. The van der Waals surface area contributed by atoms with Crippen LogP contribution in [0.2, 0.25) is 0 Å². The van der Waals surface area contributed by atoms with Gasteiger partial charge in [-0.15, -0.1) is 0 Å². The van der Waals surface area contributed by atoms with Crippen LogP contribution in [-0.2, 0) is 14.9 Å². The Hall–Kier alpha value is -3.12. The lowest BCUT2D eigenvalue weighted by molar-refractivity contribution is -0.137. The molecule has 0 bridgehead atoms. The topological polar surface area (TPSA) is 43.4 Å². The van der Waals surface area contributed by atoms with E-state index < -0.39 is 0 Å². The SMILES string of the molecule is CCOC(=O)C=Cc1ccc(C#Cc2cc(C3CC3)c3c(c2)C(C)(C)CCC3=O)cc1. The smallest absolute Gasteiger partial charge is 0.330 e. The number of benzene rings is 2. The van der Waals surface area contributed by atoms with Gasteiger partial charge in [0.15, 0.2) is 5.78 Å².